The molecule has 2 aromatic rings. The normalized spacial score (nSPS) is 15.2. The lowest BCUT2D eigenvalue weighted by atomic mass is 10.2. The molecule has 10 nitrogen and oxygen atoms in total. The number of nitrogens with zero attached hydrogens (tertiary/aromatic N) is 4. The largest absolute Gasteiger partial charge is 0.450 e. The molecule has 2 amide bonds. The molecule has 0 spiro atoms. The number of benzene rings is 1. The first-order valence-corrected chi connectivity index (χ1v) is 10.8. The number of carbonyl (C=O) groups is 2. The lowest BCUT2D eigenvalue weighted by Crippen LogP contribution is -2.50. The Morgan fingerprint density at radius 2 is 1.82 bits per heavy atom. The number of amides is 2. The van der Waals surface area contributed by atoms with Gasteiger partial charge in [0, 0.05) is 31.7 Å². The zero-order valence-corrected chi connectivity index (χ0v) is 16.7. The number of hydrogen-bond donors (Lipinski definition) is 1. The van der Waals surface area contributed by atoms with Gasteiger partial charge in [-0.2, -0.15) is 4.31 Å². The number of ether oxygens (including phenoxy) is 1. The van der Waals surface area contributed by atoms with Crippen LogP contribution < -0.4 is 5.32 Å². The van der Waals surface area contributed by atoms with Crippen molar-refractivity contribution in [3.8, 4) is 0 Å². The van der Waals surface area contributed by atoms with Crippen molar-refractivity contribution in [2.75, 3.05) is 38.1 Å². The van der Waals surface area contributed by atoms with E-state index in [9.17, 15) is 18.0 Å². The van der Waals surface area contributed by atoms with Gasteiger partial charge in [-0.15, -0.1) is 10.2 Å². The molecule has 1 saturated heterocycles. The summed E-state index contributed by atoms with van der Waals surface area (Å²) in [4.78, 5) is 25.3. The highest BCUT2D eigenvalue weighted by Crippen LogP contribution is 2.24. The molecule has 0 unspecified atom stereocenters. The maximum atomic E-state index is 12.7. The van der Waals surface area contributed by atoms with Gasteiger partial charge in [0.05, 0.1) is 6.61 Å². The van der Waals surface area contributed by atoms with E-state index >= 15 is 0 Å². The highest BCUT2D eigenvalue weighted by Gasteiger charge is 2.33. The third-order valence-corrected chi connectivity index (χ3v) is 7.07. The molecule has 1 aliphatic heterocycles. The Kier molecular flexibility index (Phi) is 6.21. The molecule has 28 heavy (non-hydrogen) atoms. The molecule has 0 radical (unpaired) electrons. The number of aromatic nitrogens is 2. The number of nitrogens with one attached hydrogen (secondary N) is 1. The summed E-state index contributed by atoms with van der Waals surface area (Å²) in [6, 6.07) is 8.50. The average Bonchev–Trinajstić information content (AvgIpc) is 3.18. The summed E-state index contributed by atoms with van der Waals surface area (Å²) in [6.07, 6.45) is -0.457. The highest BCUT2D eigenvalue weighted by atomic mass is 32.2. The zero-order chi connectivity index (χ0) is 20.1. The number of sulfonamides is 1. The van der Waals surface area contributed by atoms with Crippen LogP contribution in [0.15, 0.2) is 34.7 Å². The fraction of sp³-hybridized carbons (Fsp3) is 0.375. The second kappa shape index (κ2) is 8.63. The van der Waals surface area contributed by atoms with Gasteiger partial charge >= 0.3 is 6.09 Å². The van der Waals surface area contributed by atoms with Crippen molar-refractivity contribution < 1.29 is 22.7 Å². The Morgan fingerprint density at radius 3 is 2.46 bits per heavy atom. The van der Waals surface area contributed by atoms with Crippen LogP contribution in [0.2, 0.25) is 0 Å². The van der Waals surface area contributed by atoms with E-state index in [2.05, 4.69) is 15.5 Å². The maximum Gasteiger partial charge on any atom is 0.409 e. The number of piperazine rings is 1. The van der Waals surface area contributed by atoms with E-state index < -0.39 is 22.0 Å². The van der Waals surface area contributed by atoms with Crippen LogP contribution in [0.4, 0.5) is 9.93 Å². The van der Waals surface area contributed by atoms with Gasteiger partial charge in [-0.25, -0.2) is 13.2 Å². The second-order valence-corrected chi connectivity index (χ2v) is 8.87. The van der Waals surface area contributed by atoms with Crippen LogP contribution in [0.5, 0.6) is 0 Å². The molecule has 1 fully saturated rings. The molecular weight excluding hydrogens is 406 g/mol. The molecule has 12 heteroatoms. The van der Waals surface area contributed by atoms with Crippen molar-refractivity contribution in [2.45, 2.75) is 11.3 Å². The standard InChI is InChI=1S/C16H19N5O5S2/c1-2-26-16(23)20-8-10-21(11-9-20)28(24,25)15-19-18-14(27-15)17-13(22)12-6-4-3-5-7-12/h3-7H,2,8-11H2,1H3,(H,17,18,22). The minimum Gasteiger partial charge on any atom is -0.450 e. The molecule has 0 aliphatic carbocycles. The van der Waals surface area contributed by atoms with Crippen LogP contribution in [-0.2, 0) is 14.8 Å². The van der Waals surface area contributed by atoms with E-state index in [4.69, 9.17) is 4.74 Å². The molecule has 3 rings (SSSR count). The molecule has 0 saturated carbocycles. The zero-order valence-electron chi connectivity index (χ0n) is 15.1. The van der Waals surface area contributed by atoms with Crippen LogP contribution in [0.25, 0.3) is 0 Å². The van der Waals surface area contributed by atoms with Crippen LogP contribution in [0.3, 0.4) is 0 Å². The van der Waals surface area contributed by atoms with Crippen LogP contribution in [0.1, 0.15) is 17.3 Å². The molecule has 0 atom stereocenters. The first-order chi connectivity index (χ1) is 13.4. The quantitative estimate of drug-likeness (QED) is 0.716. The summed E-state index contributed by atoms with van der Waals surface area (Å²) in [7, 11) is -3.85. The fourth-order valence-corrected chi connectivity index (χ4v) is 5.02. The third kappa shape index (κ3) is 4.46. The summed E-state index contributed by atoms with van der Waals surface area (Å²) >= 11 is 0.783. The van der Waals surface area contributed by atoms with Crippen molar-refractivity contribution in [3.05, 3.63) is 35.9 Å². The Labute approximate surface area is 166 Å². The Morgan fingerprint density at radius 1 is 1.14 bits per heavy atom. The van der Waals surface area contributed by atoms with Crippen LogP contribution >= 0.6 is 11.3 Å². The van der Waals surface area contributed by atoms with Crippen molar-refractivity contribution in [1.29, 1.82) is 0 Å². The molecule has 1 N–H and O–H groups in total. The van der Waals surface area contributed by atoms with Crippen molar-refractivity contribution in [2.24, 2.45) is 0 Å². The van der Waals surface area contributed by atoms with Gasteiger partial charge in [0.25, 0.3) is 15.9 Å². The minimum absolute atomic E-state index is 0.0950. The summed E-state index contributed by atoms with van der Waals surface area (Å²) < 4.78 is 31.4. The molecule has 0 bridgehead atoms. The molecule has 2 heterocycles. The highest BCUT2D eigenvalue weighted by molar-refractivity contribution is 7.91. The first kappa shape index (κ1) is 20.2. The number of rotatable bonds is 5. The summed E-state index contributed by atoms with van der Waals surface area (Å²) in [5, 5.41) is 10.1. The second-order valence-electron chi connectivity index (χ2n) is 5.78. The van der Waals surface area contributed by atoms with Crippen molar-refractivity contribution in [1.82, 2.24) is 19.4 Å². The van der Waals surface area contributed by atoms with E-state index in [0.29, 0.717) is 5.56 Å². The molecular formula is C16H19N5O5S2. The summed E-state index contributed by atoms with van der Waals surface area (Å²) in [6.45, 7) is 2.70. The van der Waals surface area contributed by atoms with Gasteiger partial charge in [-0.05, 0) is 19.1 Å². The van der Waals surface area contributed by atoms with E-state index in [0.717, 1.165) is 11.3 Å². The smallest absolute Gasteiger partial charge is 0.409 e. The number of carbonyl (C=O) groups excluding carboxylic acids is 2. The Bertz CT molecular complexity index is 939. The van der Waals surface area contributed by atoms with Gasteiger partial charge in [0.15, 0.2) is 0 Å². The first-order valence-electron chi connectivity index (χ1n) is 8.53. The lowest BCUT2D eigenvalue weighted by Gasteiger charge is -2.32. The SMILES string of the molecule is CCOC(=O)N1CCN(S(=O)(=O)c2nnc(NC(=O)c3ccccc3)s2)CC1. The third-order valence-electron chi connectivity index (χ3n) is 3.99. The molecule has 1 aromatic carbocycles. The Balaban J connectivity index is 1.64. The monoisotopic (exact) mass is 425 g/mol. The van der Waals surface area contributed by atoms with E-state index in [1.165, 1.54) is 9.21 Å². The molecule has 150 valence electrons. The van der Waals surface area contributed by atoms with Gasteiger partial charge in [0.1, 0.15) is 0 Å². The van der Waals surface area contributed by atoms with Gasteiger partial charge in [-0.1, -0.05) is 29.5 Å². The van der Waals surface area contributed by atoms with E-state index in [1.807, 2.05) is 0 Å². The van der Waals surface area contributed by atoms with E-state index in [1.54, 1.807) is 37.3 Å². The lowest BCUT2D eigenvalue weighted by molar-refractivity contribution is 0.0933. The predicted octanol–water partition coefficient (Wildman–Crippen LogP) is 1.25. The fourth-order valence-electron chi connectivity index (χ4n) is 2.56. The van der Waals surface area contributed by atoms with Gasteiger partial charge in [-0.3, -0.25) is 10.1 Å². The molecule has 1 aromatic heterocycles. The Hall–Kier alpha value is -2.57. The van der Waals surface area contributed by atoms with Crippen LogP contribution in [0, 0.1) is 0 Å². The number of hydrogen-bond acceptors (Lipinski definition) is 8. The number of anilines is 1. The summed E-state index contributed by atoms with van der Waals surface area (Å²) in [5.74, 6) is -0.399. The van der Waals surface area contributed by atoms with Gasteiger partial charge < -0.3 is 9.64 Å². The van der Waals surface area contributed by atoms with Crippen LogP contribution in [-0.4, -0.2) is 72.6 Å². The van der Waals surface area contributed by atoms with Crippen molar-refractivity contribution in [3.63, 3.8) is 0 Å². The summed E-state index contributed by atoms with van der Waals surface area (Å²) in [5.41, 5.74) is 0.428. The minimum atomic E-state index is -3.85. The van der Waals surface area contributed by atoms with E-state index in [-0.39, 0.29) is 42.3 Å². The molecule has 1 aliphatic rings. The average molecular weight is 425 g/mol. The topological polar surface area (TPSA) is 122 Å². The van der Waals surface area contributed by atoms with Crippen molar-refractivity contribution >= 4 is 38.5 Å². The van der Waals surface area contributed by atoms with Gasteiger partial charge in [0.2, 0.25) is 9.47 Å². The predicted molar refractivity (Wildman–Crippen MR) is 102 cm³/mol. The maximum absolute atomic E-state index is 12.7.